The van der Waals surface area contributed by atoms with Crippen LogP contribution in [0.25, 0.3) is 11.3 Å². The monoisotopic (exact) mass is 435 g/mol. The average Bonchev–Trinajstić information content (AvgIpc) is 3.41. The van der Waals surface area contributed by atoms with Gasteiger partial charge in [0.05, 0.1) is 56.1 Å². The van der Waals surface area contributed by atoms with Gasteiger partial charge in [-0.2, -0.15) is 0 Å². The van der Waals surface area contributed by atoms with E-state index in [4.69, 9.17) is 14.5 Å². The smallest absolute Gasteiger partial charge is 0.260 e. The third kappa shape index (κ3) is 3.49. The Hall–Kier alpha value is -3.75. The summed E-state index contributed by atoms with van der Waals surface area (Å²) in [5.74, 6) is 1.50. The van der Waals surface area contributed by atoms with Gasteiger partial charge in [0.15, 0.2) is 5.75 Å². The second kappa shape index (κ2) is 8.07. The van der Waals surface area contributed by atoms with Gasteiger partial charge in [-0.3, -0.25) is 9.78 Å². The summed E-state index contributed by atoms with van der Waals surface area (Å²) < 4.78 is 24.0. The number of carbonyl (C=O) groups excluding carboxylic acids is 1. The first-order valence-electron chi connectivity index (χ1n) is 10.3. The summed E-state index contributed by atoms with van der Waals surface area (Å²) in [4.78, 5) is 29.9. The zero-order valence-corrected chi connectivity index (χ0v) is 17.8. The predicted molar refractivity (Wildman–Crippen MR) is 117 cm³/mol. The lowest BCUT2D eigenvalue weighted by Gasteiger charge is -2.19. The molecule has 2 aliphatic heterocycles. The molecule has 8 nitrogen and oxygen atoms in total. The Balaban J connectivity index is 1.38. The normalized spacial score (nSPS) is 17.6. The molecule has 0 radical (unpaired) electrons. The largest absolute Gasteiger partial charge is 0.491 e. The predicted octanol–water partition coefficient (Wildman–Crippen LogP) is 3.26. The van der Waals surface area contributed by atoms with E-state index in [1.807, 2.05) is 17.0 Å². The Kier molecular flexibility index (Phi) is 5.08. The molecule has 0 N–H and O–H groups in total. The van der Waals surface area contributed by atoms with Crippen molar-refractivity contribution < 1.29 is 18.7 Å². The Morgan fingerprint density at radius 1 is 1.09 bits per heavy atom. The maximum atomic E-state index is 13.5. The summed E-state index contributed by atoms with van der Waals surface area (Å²) >= 11 is 0. The van der Waals surface area contributed by atoms with Crippen LogP contribution >= 0.6 is 0 Å². The number of fused-ring (bicyclic) bond motifs is 1. The fraction of sp³-hybridized carbons (Fsp3) is 0.304. The van der Waals surface area contributed by atoms with Crippen molar-refractivity contribution in [2.75, 3.05) is 37.1 Å². The number of anilines is 2. The minimum atomic E-state index is -0.813. The summed E-state index contributed by atoms with van der Waals surface area (Å²) in [7, 11) is 3.08. The highest BCUT2D eigenvalue weighted by Gasteiger charge is 2.31. The summed E-state index contributed by atoms with van der Waals surface area (Å²) in [6.45, 7) is 1.36. The zero-order chi connectivity index (χ0) is 22.2. The second-order valence-electron chi connectivity index (χ2n) is 7.72. The van der Waals surface area contributed by atoms with Crippen LogP contribution in [0.2, 0.25) is 0 Å². The Labute approximate surface area is 184 Å². The number of methoxy groups -OCH3 is 2. The van der Waals surface area contributed by atoms with Gasteiger partial charge in [-0.25, -0.2) is 14.4 Å². The number of aromatic nitrogens is 3. The van der Waals surface area contributed by atoms with Gasteiger partial charge in [0, 0.05) is 18.3 Å². The molecule has 164 valence electrons. The van der Waals surface area contributed by atoms with E-state index in [0.717, 1.165) is 11.4 Å². The molecular weight excluding hydrogens is 413 g/mol. The van der Waals surface area contributed by atoms with E-state index in [1.54, 1.807) is 42.6 Å². The molecule has 9 heteroatoms. The van der Waals surface area contributed by atoms with Crippen LogP contribution in [0.4, 0.5) is 15.9 Å². The highest BCUT2D eigenvalue weighted by atomic mass is 19.1. The molecule has 5 heterocycles. The van der Waals surface area contributed by atoms with Crippen LogP contribution in [0, 0.1) is 0 Å². The van der Waals surface area contributed by atoms with Crippen molar-refractivity contribution in [2.45, 2.75) is 19.1 Å². The van der Waals surface area contributed by atoms with Crippen LogP contribution in [0.3, 0.4) is 0 Å². The van der Waals surface area contributed by atoms with Crippen molar-refractivity contribution in [3.63, 3.8) is 0 Å². The van der Waals surface area contributed by atoms with Crippen molar-refractivity contribution in [1.82, 2.24) is 15.0 Å². The highest BCUT2D eigenvalue weighted by molar-refractivity contribution is 6.09. The van der Waals surface area contributed by atoms with Crippen LogP contribution in [0.5, 0.6) is 11.6 Å². The number of alkyl halides is 1. The molecule has 0 aliphatic carbocycles. The molecule has 0 bridgehead atoms. The van der Waals surface area contributed by atoms with Crippen LogP contribution in [-0.4, -0.2) is 54.3 Å². The van der Waals surface area contributed by atoms with Crippen molar-refractivity contribution in [1.29, 1.82) is 0 Å². The van der Waals surface area contributed by atoms with Gasteiger partial charge < -0.3 is 19.3 Å². The van der Waals surface area contributed by atoms with Crippen LogP contribution < -0.4 is 19.3 Å². The first-order chi connectivity index (χ1) is 15.6. The molecule has 3 aromatic heterocycles. The summed E-state index contributed by atoms with van der Waals surface area (Å²) in [6.07, 6.45) is 3.02. The highest BCUT2D eigenvalue weighted by Crippen LogP contribution is 2.32. The Morgan fingerprint density at radius 2 is 1.97 bits per heavy atom. The summed E-state index contributed by atoms with van der Waals surface area (Å²) in [6, 6.07) is 9.06. The number of amides is 1. The van der Waals surface area contributed by atoms with Crippen LogP contribution in [-0.2, 0) is 6.54 Å². The summed E-state index contributed by atoms with van der Waals surface area (Å²) in [5.41, 5.74) is 3.38. The molecule has 0 saturated carbocycles. The Bertz CT molecular complexity index is 1170. The third-order valence-electron chi connectivity index (χ3n) is 5.78. The molecule has 1 atom stereocenters. The lowest BCUT2D eigenvalue weighted by molar-refractivity contribution is 0.0996. The molecule has 1 fully saturated rings. The molecule has 32 heavy (non-hydrogen) atoms. The number of pyridine rings is 3. The number of nitrogens with zero attached hydrogens (tertiary/aromatic N) is 5. The number of halogens is 1. The van der Waals surface area contributed by atoms with Gasteiger partial charge >= 0.3 is 0 Å². The van der Waals surface area contributed by atoms with E-state index in [2.05, 4.69) is 9.97 Å². The van der Waals surface area contributed by atoms with Crippen LogP contribution in [0.15, 0.2) is 42.7 Å². The van der Waals surface area contributed by atoms with E-state index >= 15 is 0 Å². The maximum Gasteiger partial charge on any atom is 0.260 e. The lowest BCUT2D eigenvalue weighted by atomic mass is 10.1. The number of hydrogen-bond donors (Lipinski definition) is 0. The first-order valence-corrected chi connectivity index (χ1v) is 10.3. The van der Waals surface area contributed by atoms with Crippen LogP contribution in [0.1, 0.15) is 22.5 Å². The van der Waals surface area contributed by atoms with Gasteiger partial charge in [-0.05, 0) is 36.8 Å². The lowest BCUT2D eigenvalue weighted by Crippen LogP contribution is -2.24. The van der Waals surface area contributed by atoms with E-state index in [0.29, 0.717) is 60.3 Å². The topological polar surface area (TPSA) is 80.7 Å². The molecule has 2 aliphatic rings. The molecule has 3 aromatic rings. The number of hydrogen-bond acceptors (Lipinski definition) is 7. The first kappa shape index (κ1) is 20.2. The van der Waals surface area contributed by atoms with Gasteiger partial charge in [-0.1, -0.05) is 0 Å². The zero-order valence-electron chi connectivity index (χ0n) is 17.8. The van der Waals surface area contributed by atoms with Gasteiger partial charge in [0.2, 0.25) is 0 Å². The molecule has 0 aromatic carbocycles. The second-order valence-corrected chi connectivity index (χ2v) is 7.72. The molecule has 1 amide bonds. The van der Waals surface area contributed by atoms with Gasteiger partial charge in [-0.15, -0.1) is 0 Å². The van der Waals surface area contributed by atoms with Gasteiger partial charge in [0.25, 0.3) is 11.8 Å². The molecule has 1 saturated heterocycles. The summed E-state index contributed by atoms with van der Waals surface area (Å²) in [5, 5.41) is 0. The average molecular weight is 435 g/mol. The molecule has 0 unspecified atom stereocenters. The van der Waals surface area contributed by atoms with Crippen molar-refractivity contribution in [3.8, 4) is 22.9 Å². The van der Waals surface area contributed by atoms with Gasteiger partial charge in [0.1, 0.15) is 12.0 Å². The molecular formula is C23H22FN5O3. The van der Waals surface area contributed by atoms with Crippen molar-refractivity contribution in [2.24, 2.45) is 0 Å². The SMILES string of the molecule is COc1cc(-c2ccc3c(n2)CN(c2ccc(N4CC[C@@H](F)C4)nc2)C3=O)cnc1OC. The van der Waals surface area contributed by atoms with Crippen molar-refractivity contribution >= 4 is 17.4 Å². The van der Waals surface area contributed by atoms with E-state index in [-0.39, 0.29) is 5.91 Å². The maximum absolute atomic E-state index is 13.5. The standard InChI is InChI=1S/C23H22FN5O3/c1-31-20-9-14(10-26-22(20)32-2)18-5-4-17-19(27-18)13-29(23(17)30)16-3-6-21(25-11-16)28-8-7-15(24)12-28/h3-6,9-11,15H,7-8,12-13H2,1-2H3/t15-/m1/s1. The Morgan fingerprint density at radius 3 is 2.66 bits per heavy atom. The molecule has 5 rings (SSSR count). The fourth-order valence-electron chi connectivity index (χ4n) is 4.08. The number of ether oxygens (including phenoxy) is 2. The third-order valence-corrected chi connectivity index (χ3v) is 5.78. The number of carbonyl (C=O) groups is 1. The van der Waals surface area contributed by atoms with E-state index < -0.39 is 6.17 Å². The fourth-order valence-corrected chi connectivity index (χ4v) is 4.08. The minimum absolute atomic E-state index is 0.121. The van der Waals surface area contributed by atoms with E-state index in [9.17, 15) is 9.18 Å². The van der Waals surface area contributed by atoms with E-state index in [1.165, 1.54) is 7.11 Å². The quantitative estimate of drug-likeness (QED) is 0.609. The van der Waals surface area contributed by atoms with Crippen molar-refractivity contribution in [3.05, 3.63) is 54.0 Å². The number of rotatable bonds is 5. The molecule has 0 spiro atoms. The minimum Gasteiger partial charge on any atom is -0.491 e.